The van der Waals surface area contributed by atoms with Gasteiger partial charge in [0.25, 0.3) is 0 Å². The Morgan fingerprint density at radius 2 is 1.77 bits per heavy atom. The molecule has 1 fully saturated rings. The highest BCUT2D eigenvalue weighted by Gasteiger charge is 2.47. The smallest absolute Gasteiger partial charge is 0.308 e. The van der Waals surface area contributed by atoms with Crippen molar-refractivity contribution >= 4 is 22.7 Å². The first-order valence-corrected chi connectivity index (χ1v) is 20.8. The van der Waals surface area contributed by atoms with E-state index in [9.17, 15) is 30.0 Å². The molecule has 15 heteroatoms. The van der Waals surface area contributed by atoms with Crippen LogP contribution in [-0.4, -0.2) is 145 Å². The Kier molecular flexibility index (Phi) is 18.1. The number of aliphatic hydroxyl groups excluding tert-OH is 4. The first kappa shape index (κ1) is 48.7. The van der Waals surface area contributed by atoms with Crippen LogP contribution >= 0.6 is 0 Å². The lowest BCUT2D eigenvalue weighted by Crippen LogP contribution is -2.63. The summed E-state index contributed by atoms with van der Waals surface area (Å²) in [6.45, 7) is 9.76. The largest absolute Gasteiger partial charge is 0.462 e. The lowest BCUT2D eigenvalue weighted by Gasteiger charge is -2.46. The third kappa shape index (κ3) is 12.3. The molecule has 0 amide bonds. The molecule has 2 aromatic heterocycles. The molecular formula is C45H68N6O9. The number of hydrogen-bond acceptors (Lipinski definition) is 14. The average molecular weight is 837 g/mol. The van der Waals surface area contributed by atoms with Gasteiger partial charge in [-0.15, -0.1) is 5.10 Å². The number of aliphatic hydroxyl groups is 4. The number of benzene rings is 1. The molecule has 0 aliphatic carbocycles. The van der Waals surface area contributed by atoms with Gasteiger partial charge in [0, 0.05) is 29.7 Å². The maximum atomic E-state index is 13.7. The molecule has 4 N–H and O–H groups in total. The second kappa shape index (κ2) is 22.2. The lowest BCUT2D eigenvalue weighted by atomic mass is 9.79. The normalized spacial score (nSPS) is 32.7. The summed E-state index contributed by atoms with van der Waals surface area (Å²) in [5.74, 6) is -2.78. The van der Waals surface area contributed by atoms with Gasteiger partial charge in [-0.1, -0.05) is 69.3 Å². The van der Waals surface area contributed by atoms with Crippen molar-refractivity contribution in [2.24, 2.45) is 23.7 Å². The monoisotopic (exact) mass is 837 g/mol. The SMILES string of the molecule is C.CC[C@H]1OC(=O)C[C@@H](O)[C@H](C)[C@@H](O[C@@H]2O[C@H](C)[C@@H](O)C(N(C)C)C2O)[C@@H](CCN(C)Cc2cn(-c3cnc4ccccc4c3)nn2)C[C@@H](C)C(=O)/C=C/C(C)=C/[C@@H]1CO. The Morgan fingerprint density at radius 3 is 2.47 bits per heavy atom. The van der Waals surface area contributed by atoms with Gasteiger partial charge in [-0.25, -0.2) is 4.68 Å². The number of allylic oxidation sites excluding steroid dienone is 3. The van der Waals surface area contributed by atoms with E-state index < -0.39 is 72.7 Å². The van der Waals surface area contributed by atoms with Crippen LogP contribution in [0.2, 0.25) is 0 Å². The number of rotatable bonds is 11. The standard InChI is InChI=1S/C44H64N6O9.CH4/c1-9-38-32(25-51)18-26(2)14-15-36(52)27(3)19-31(16-17-49(8)23-33-24-50(47-46-33)34-20-30-12-10-11-13-35(30)45-22-34)43(28(4)37(53)21-39(54)58-38)59-44-42(56)40(48(6)7)41(55)29(5)57-44;/h10-15,18,20,22,24,27-29,31-32,37-38,40-44,51,53,55-56H,9,16-17,19,21,23,25H2,1-8H3;1H4/b15-14+,26-18+;/t27-,28+,29-,31+,32-,37-,38-,40?,41-,42?,43-,44+;/m1./s1. The van der Waals surface area contributed by atoms with E-state index in [1.807, 2.05) is 64.3 Å². The zero-order valence-corrected chi connectivity index (χ0v) is 35.7. The van der Waals surface area contributed by atoms with Crippen molar-refractivity contribution in [3.8, 4) is 5.69 Å². The van der Waals surface area contributed by atoms with Crippen molar-refractivity contribution in [1.82, 2.24) is 29.8 Å². The predicted molar refractivity (Wildman–Crippen MR) is 229 cm³/mol. The predicted octanol–water partition coefficient (Wildman–Crippen LogP) is 4.10. The summed E-state index contributed by atoms with van der Waals surface area (Å²) in [7, 11) is 5.48. The molecule has 1 aromatic carbocycles. The second-order valence-corrected chi connectivity index (χ2v) is 16.8. The second-order valence-electron chi connectivity index (χ2n) is 16.8. The molecule has 2 aliphatic rings. The Hall–Kier alpha value is -3.93. The number of likely N-dealkylation sites (N-methyl/N-ethyl adjacent to an activating group) is 1. The van der Waals surface area contributed by atoms with Gasteiger partial charge in [-0.2, -0.15) is 0 Å². The number of fused-ring (bicyclic) bond motifs is 1. The van der Waals surface area contributed by atoms with Crippen LogP contribution < -0.4 is 0 Å². The molecule has 12 atom stereocenters. The van der Waals surface area contributed by atoms with Crippen LogP contribution in [0.4, 0.5) is 0 Å². The van der Waals surface area contributed by atoms with Crippen molar-refractivity contribution in [3.63, 3.8) is 0 Å². The summed E-state index contributed by atoms with van der Waals surface area (Å²) in [4.78, 5) is 35.5. The van der Waals surface area contributed by atoms with Gasteiger partial charge < -0.3 is 44.4 Å². The summed E-state index contributed by atoms with van der Waals surface area (Å²) in [5, 5.41) is 54.2. The molecule has 15 nitrogen and oxygen atoms in total. The van der Waals surface area contributed by atoms with E-state index >= 15 is 0 Å². The maximum Gasteiger partial charge on any atom is 0.308 e. The van der Waals surface area contributed by atoms with Crippen LogP contribution in [0, 0.1) is 23.7 Å². The van der Waals surface area contributed by atoms with E-state index in [0.29, 0.717) is 32.4 Å². The minimum absolute atomic E-state index is 0. The van der Waals surface area contributed by atoms with Gasteiger partial charge in [0.05, 0.1) is 72.8 Å². The molecule has 0 spiro atoms. The molecule has 1 saturated heterocycles. The molecule has 332 valence electrons. The van der Waals surface area contributed by atoms with Gasteiger partial charge in [0.15, 0.2) is 12.1 Å². The number of hydrogen-bond donors (Lipinski definition) is 4. The van der Waals surface area contributed by atoms with Crippen molar-refractivity contribution in [2.45, 2.75) is 123 Å². The van der Waals surface area contributed by atoms with Crippen LogP contribution in [0.15, 0.2) is 66.5 Å². The quantitative estimate of drug-likeness (QED) is 0.202. The third-order valence-corrected chi connectivity index (χ3v) is 11.9. The Bertz CT molecular complexity index is 1900. The van der Waals surface area contributed by atoms with Crippen LogP contribution in [0.1, 0.15) is 73.4 Å². The summed E-state index contributed by atoms with van der Waals surface area (Å²) < 4.78 is 20.4. The first-order chi connectivity index (χ1) is 28.1. The molecule has 2 aliphatic heterocycles. The maximum absolute atomic E-state index is 13.7. The molecule has 3 aromatic rings. The minimum Gasteiger partial charge on any atom is -0.462 e. The zero-order valence-electron chi connectivity index (χ0n) is 35.7. The van der Waals surface area contributed by atoms with Gasteiger partial charge in [0.2, 0.25) is 0 Å². The van der Waals surface area contributed by atoms with E-state index in [4.69, 9.17) is 14.2 Å². The van der Waals surface area contributed by atoms with Crippen molar-refractivity contribution in [2.75, 3.05) is 34.3 Å². The van der Waals surface area contributed by atoms with E-state index in [0.717, 1.165) is 27.9 Å². The summed E-state index contributed by atoms with van der Waals surface area (Å²) >= 11 is 0. The lowest BCUT2D eigenvalue weighted by molar-refractivity contribution is -0.304. The number of cyclic esters (lactones) is 1. The van der Waals surface area contributed by atoms with Gasteiger partial charge >= 0.3 is 5.97 Å². The summed E-state index contributed by atoms with van der Waals surface area (Å²) in [5.41, 5.74) is 3.15. The molecule has 0 saturated carbocycles. The van der Waals surface area contributed by atoms with Gasteiger partial charge in [0.1, 0.15) is 12.2 Å². The van der Waals surface area contributed by atoms with Gasteiger partial charge in [-0.3, -0.25) is 14.6 Å². The van der Waals surface area contributed by atoms with E-state index in [1.54, 1.807) is 55.9 Å². The molecule has 2 unspecified atom stereocenters. The number of aromatic nitrogens is 4. The highest BCUT2D eigenvalue weighted by Crippen LogP contribution is 2.35. The number of pyridine rings is 1. The van der Waals surface area contributed by atoms with Crippen LogP contribution in [0.25, 0.3) is 16.6 Å². The highest BCUT2D eigenvalue weighted by molar-refractivity contribution is 5.91. The molecule has 4 heterocycles. The minimum atomic E-state index is -1.26. The van der Waals surface area contributed by atoms with Gasteiger partial charge in [-0.05, 0) is 84.9 Å². The number of carbonyl (C=O) groups is 2. The number of ether oxygens (including phenoxy) is 3. The molecule has 0 bridgehead atoms. The summed E-state index contributed by atoms with van der Waals surface area (Å²) in [6.07, 6.45) is 2.79. The number of carbonyl (C=O) groups excluding carboxylic acids is 2. The third-order valence-electron chi connectivity index (χ3n) is 11.9. The fourth-order valence-electron chi connectivity index (χ4n) is 8.28. The molecular weight excluding hydrogens is 769 g/mol. The number of ketones is 1. The molecule has 5 rings (SSSR count). The van der Waals surface area contributed by atoms with Crippen LogP contribution in [0.3, 0.4) is 0 Å². The Morgan fingerprint density at radius 1 is 1.03 bits per heavy atom. The van der Waals surface area contributed by atoms with E-state index in [2.05, 4.69) is 20.2 Å². The summed E-state index contributed by atoms with van der Waals surface area (Å²) in [6, 6.07) is 9.16. The van der Waals surface area contributed by atoms with Crippen LogP contribution in [0.5, 0.6) is 0 Å². The zero-order chi connectivity index (χ0) is 43.0. The molecule has 0 radical (unpaired) electrons. The Labute approximate surface area is 355 Å². The number of para-hydroxylation sites is 1. The highest BCUT2D eigenvalue weighted by atomic mass is 16.7. The number of nitrogens with zero attached hydrogens (tertiary/aromatic N) is 6. The van der Waals surface area contributed by atoms with Crippen molar-refractivity contribution in [3.05, 3.63) is 72.2 Å². The average Bonchev–Trinajstić information content (AvgIpc) is 3.68. The van der Waals surface area contributed by atoms with Crippen molar-refractivity contribution in [1.29, 1.82) is 0 Å². The number of esters is 1. The first-order valence-electron chi connectivity index (χ1n) is 20.8. The van der Waals surface area contributed by atoms with Crippen LogP contribution in [-0.2, 0) is 30.3 Å². The van der Waals surface area contributed by atoms with E-state index in [1.165, 1.54) is 6.08 Å². The van der Waals surface area contributed by atoms with E-state index in [-0.39, 0.29) is 32.2 Å². The van der Waals surface area contributed by atoms with Crippen molar-refractivity contribution < 1.29 is 44.2 Å². The molecule has 60 heavy (non-hydrogen) atoms. The fraction of sp³-hybridized carbons (Fsp3) is 0.622. The fourth-order valence-corrected chi connectivity index (χ4v) is 8.28. The topological polar surface area (TPSA) is 193 Å². The Balaban J connectivity index is 0.00000794.